The van der Waals surface area contributed by atoms with Gasteiger partial charge in [-0.25, -0.2) is 0 Å². The van der Waals surface area contributed by atoms with Gasteiger partial charge in [-0.15, -0.1) is 10.2 Å². The number of hydrogen-bond donors (Lipinski definition) is 2. The molecule has 1 aliphatic carbocycles. The van der Waals surface area contributed by atoms with E-state index in [0.717, 1.165) is 37.2 Å². The second-order valence-corrected chi connectivity index (χ2v) is 5.33. The molecule has 0 amide bonds. The Balaban J connectivity index is 1.70. The minimum Gasteiger partial charge on any atom is -0.355 e. The third-order valence-electron chi connectivity index (χ3n) is 3.78. The van der Waals surface area contributed by atoms with Crippen LogP contribution in [0, 0.1) is 5.92 Å². The first kappa shape index (κ1) is 14.8. The molecule has 0 aliphatic heterocycles. The molecular weight excluding hydrogens is 252 g/mol. The van der Waals surface area contributed by atoms with Gasteiger partial charge < -0.3 is 15.2 Å². The Labute approximate surface area is 121 Å². The summed E-state index contributed by atoms with van der Waals surface area (Å²) in [4.78, 5) is 4.28. The molecule has 1 heterocycles. The number of nitrogens with zero attached hydrogens (tertiary/aromatic N) is 4. The topological polar surface area (TPSA) is 67.1 Å². The third-order valence-corrected chi connectivity index (χ3v) is 3.78. The standard InChI is InChI=1S/C14H26N6/c1-4-6-11-9-12(11)18-14(15-3)16-7-8-20-10-17-19-13(20)5-2/h10-12H,4-9H2,1-3H3,(H2,15,16,18). The molecule has 112 valence electrons. The van der Waals surface area contributed by atoms with Gasteiger partial charge in [0.15, 0.2) is 5.96 Å². The average Bonchev–Trinajstić information content (AvgIpc) is 3.01. The fraction of sp³-hybridized carbons (Fsp3) is 0.786. The number of rotatable bonds is 7. The highest BCUT2D eigenvalue weighted by atomic mass is 15.3. The summed E-state index contributed by atoms with van der Waals surface area (Å²) < 4.78 is 2.08. The van der Waals surface area contributed by atoms with Gasteiger partial charge >= 0.3 is 0 Å². The zero-order chi connectivity index (χ0) is 14.4. The number of hydrogen-bond acceptors (Lipinski definition) is 3. The molecule has 6 heteroatoms. The van der Waals surface area contributed by atoms with Crippen LogP contribution < -0.4 is 10.6 Å². The van der Waals surface area contributed by atoms with Crippen LogP contribution in [0.25, 0.3) is 0 Å². The zero-order valence-electron chi connectivity index (χ0n) is 12.8. The summed E-state index contributed by atoms with van der Waals surface area (Å²) in [5, 5.41) is 14.9. The summed E-state index contributed by atoms with van der Waals surface area (Å²) in [6, 6.07) is 0.613. The Bertz CT molecular complexity index is 439. The summed E-state index contributed by atoms with van der Waals surface area (Å²) in [7, 11) is 1.82. The lowest BCUT2D eigenvalue weighted by atomic mass is 10.2. The number of guanidine groups is 1. The highest BCUT2D eigenvalue weighted by Crippen LogP contribution is 2.34. The van der Waals surface area contributed by atoms with Crippen LogP contribution in [0.5, 0.6) is 0 Å². The highest BCUT2D eigenvalue weighted by molar-refractivity contribution is 5.80. The fourth-order valence-electron chi connectivity index (χ4n) is 2.52. The Morgan fingerprint density at radius 3 is 3.05 bits per heavy atom. The maximum Gasteiger partial charge on any atom is 0.191 e. The molecule has 1 aromatic rings. The molecule has 2 unspecified atom stereocenters. The summed E-state index contributed by atoms with van der Waals surface area (Å²) in [5.41, 5.74) is 0. The number of nitrogens with one attached hydrogen (secondary N) is 2. The Hall–Kier alpha value is -1.59. The molecule has 1 aliphatic rings. The lowest BCUT2D eigenvalue weighted by molar-refractivity contribution is 0.622. The largest absolute Gasteiger partial charge is 0.355 e. The fourth-order valence-corrected chi connectivity index (χ4v) is 2.52. The van der Waals surface area contributed by atoms with Crippen molar-refractivity contribution in [2.24, 2.45) is 10.9 Å². The Morgan fingerprint density at radius 1 is 1.50 bits per heavy atom. The maximum absolute atomic E-state index is 4.28. The van der Waals surface area contributed by atoms with E-state index in [1.807, 2.05) is 7.05 Å². The van der Waals surface area contributed by atoms with Gasteiger partial charge in [0, 0.05) is 32.6 Å². The molecular formula is C14H26N6. The van der Waals surface area contributed by atoms with Crippen molar-refractivity contribution in [3.05, 3.63) is 12.2 Å². The average molecular weight is 278 g/mol. The molecule has 1 fully saturated rings. The highest BCUT2D eigenvalue weighted by Gasteiger charge is 2.36. The van der Waals surface area contributed by atoms with Crippen LogP contribution in [-0.4, -0.2) is 40.4 Å². The first-order valence-corrected chi connectivity index (χ1v) is 7.62. The van der Waals surface area contributed by atoms with Crippen molar-refractivity contribution in [1.29, 1.82) is 0 Å². The predicted octanol–water partition coefficient (Wildman–Crippen LogP) is 1.19. The van der Waals surface area contributed by atoms with E-state index in [9.17, 15) is 0 Å². The van der Waals surface area contributed by atoms with Gasteiger partial charge in [-0.05, 0) is 18.8 Å². The van der Waals surface area contributed by atoms with Crippen LogP contribution in [0.3, 0.4) is 0 Å². The SMILES string of the molecule is CCCC1CC1NC(=NC)NCCn1cnnc1CC. The molecule has 0 bridgehead atoms. The predicted molar refractivity (Wildman–Crippen MR) is 80.7 cm³/mol. The molecule has 0 radical (unpaired) electrons. The van der Waals surface area contributed by atoms with E-state index in [2.05, 4.69) is 44.2 Å². The van der Waals surface area contributed by atoms with Crippen molar-refractivity contribution < 1.29 is 0 Å². The quantitative estimate of drug-likeness (QED) is 0.581. The molecule has 2 rings (SSSR count). The smallest absolute Gasteiger partial charge is 0.191 e. The summed E-state index contributed by atoms with van der Waals surface area (Å²) in [6.07, 6.45) is 6.56. The van der Waals surface area contributed by atoms with Gasteiger partial charge in [-0.3, -0.25) is 4.99 Å². The summed E-state index contributed by atoms with van der Waals surface area (Å²) in [6.45, 7) is 6.03. The summed E-state index contributed by atoms with van der Waals surface area (Å²) in [5.74, 6) is 2.77. The molecule has 2 atom stereocenters. The minimum absolute atomic E-state index is 0.613. The maximum atomic E-state index is 4.28. The molecule has 1 saturated carbocycles. The number of aromatic nitrogens is 3. The van der Waals surface area contributed by atoms with Crippen molar-refractivity contribution >= 4 is 5.96 Å². The Kier molecular flexibility index (Phi) is 5.38. The first-order chi connectivity index (χ1) is 9.78. The van der Waals surface area contributed by atoms with Crippen molar-refractivity contribution in [2.45, 2.75) is 52.1 Å². The molecule has 1 aromatic heterocycles. The van der Waals surface area contributed by atoms with Crippen molar-refractivity contribution in [2.75, 3.05) is 13.6 Å². The molecule has 0 saturated heterocycles. The monoisotopic (exact) mass is 278 g/mol. The van der Waals surface area contributed by atoms with Crippen molar-refractivity contribution in [1.82, 2.24) is 25.4 Å². The molecule has 0 spiro atoms. The second kappa shape index (κ2) is 7.26. The molecule has 6 nitrogen and oxygen atoms in total. The van der Waals surface area contributed by atoms with Gasteiger partial charge in [0.1, 0.15) is 12.2 Å². The van der Waals surface area contributed by atoms with Crippen LogP contribution in [0.2, 0.25) is 0 Å². The van der Waals surface area contributed by atoms with Crippen LogP contribution in [-0.2, 0) is 13.0 Å². The van der Waals surface area contributed by atoms with Gasteiger partial charge in [0.05, 0.1) is 0 Å². The number of aliphatic imine (C=N–C) groups is 1. The lowest BCUT2D eigenvalue weighted by Gasteiger charge is -2.12. The first-order valence-electron chi connectivity index (χ1n) is 7.62. The van der Waals surface area contributed by atoms with E-state index in [0.29, 0.717) is 6.04 Å². The van der Waals surface area contributed by atoms with Gasteiger partial charge in [-0.1, -0.05) is 20.3 Å². The molecule has 2 N–H and O–H groups in total. The zero-order valence-corrected chi connectivity index (χ0v) is 12.8. The lowest BCUT2D eigenvalue weighted by Crippen LogP contribution is -2.40. The third kappa shape index (κ3) is 3.95. The van der Waals surface area contributed by atoms with E-state index in [1.165, 1.54) is 19.3 Å². The van der Waals surface area contributed by atoms with E-state index in [-0.39, 0.29) is 0 Å². The minimum atomic E-state index is 0.613. The van der Waals surface area contributed by atoms with Gasteiger partial charge in [0.2, 0.25) is 0 Å². The van der Waals surface area contributed by atoms with E-state index in [4.69, 9.17) is 0 Å². The van der Waals surface area contributed by atoms with Crippen LogP contribution in [0.1, 0.15) is 38.9 Å². The van der Waals surface area contributed by atoms with Crippen molar-refractivity contribution in [3.8, 4) is 0 Å². The van der Waals surface area contributed by atoms with Gasteiger partial charge in [-0.2, -0.15) is 0 Å². The van der Waals surface area contributed by atoms with Crippen LogP contribution in [0.15, 0.2) is 11.3 Å². The molecule has 0 aromatic carbocycles. The normalized spacial score (nSPS) is 21.9. The number of aryl methyl sites for hydroxylation is 1. The van der Waals surface area contributed by atoms with Crippen molar-refractivity contribution in [3.63, 3.8) is 0 Å². The van der Waals surface area contributed by atoms with Crippen LogP contribution >= 0.6 is 0 Å². The van der Waals surface area contributed by atoms with Crippen LogP contribution in [0.4, 0.5) is 0 Å². The second-order valence-electron chi connectivity index (χ2n) is 5.33. The summed E-state index contributed by atoms with van der Waals surface area (Å²) >= 11 is 0. The molecule has 20 heavy (non-hydrogen) atoms. The van der Waals surface area contributed by atoms with E-state index in [1.54, 1.807) is 6.33 Å². The van der Waals surface area contributed by atoms with E-state index >= 15 is 0 Å². The van der Waals surface area contributed by atoms with E-state index < -0.39 is 0 Å². The van der Waals surface area contributed by atoms with Gasteiger partial charge in [0.25, 0.3) is 0 Å². The Morgan fingerprint density at radius 2 is 2.35 bits per heavy atom.